The van der Waals surface area contributed by atoms with Gasteiger partial charge >= 0.3 is 0 Å². The van der Waals surface area contributed by atoms with Crippen LogP contribution < -0.4 is 5.32 Å². The van der Waals surface area contributed by atoms with Gasteiger partial charge in [-0.2, -0.15) is 0 Å². The summed E-state index contributed by atoms with van der Waals surface area (Å²) in [6, 6.07) is 14.0. The molecule has 3 aromatic rings. The number of hydrogen-bond acceptors (Lipinski definition) is 6. The van der Waals surface area contributed by atoms with Gasteiger partial charge in [-0.15, -0.1) is 0 Å². The second kappa shape index (κ2) is 8.30. The van der Waals surface area contributed by atoms with E-state index in [-0.39, 0.29) is 0 Å². The van der Waals surface area contributed by atoms with Gasteiger partial charge in [0.15, 0.2) is 0 Å². The molecule has 0 bridgehead atoms. The van der Waals surface area contributed by atoms with Crippen LogP contribution in [0.3, 0.4) is 0 Å². The number of hydrogen-bond donors (Lipinski definition) is 1. The van der Waals surface area contributed by atoms with Gasteiger partial charge in [0.1, 0.15) is 18.0 Å². The molecule has 0 aliphatic heterocycles. The molecule has 25 heavy (non-hydrogen) atoms. The van der Waals surface area contributed by atoms with Crippen molar-refractivity contribution in [2.75, 3.05) is 26.0 Å². The monoisotopic (exact) mass is 334 g/mol. The molecule has 0 aliphatic rings. The molecular weight excluding hydrogens is 312 g/mol. The lowest BCUT2D eigenvalue weighted by Crippen LogP contribution is -2.13. The number of benzene rings is 1. The fourth-order valence-corrected chi connectivity index (χ4v) is 2.50. The maximum Gasteiger partial charge on any atom is 0.130 e. The van der Waals surface area contributed by atoms with E-state index in [1.54, 1.807) is 6.33 Å². The Hall–Kier alpha value is -2.86. The normalized spacial score (nSPS) is 10.8. The number of aromatic nitrogens is 4. The lowest BCUT2D eigenvalue weighted by atomic mass is 10.1. The van der Waals surface area contributed by atoms with Crippen molar-refractivity contribution in [2.45, 2.75) is 13.0 Å². The molecule has 2 aromatic heterocycles. The third-order valence-electron chi connectivity index (χ3n) is 3.63. The van der Waals surface area contributed by atoms with Crippen LogP contribution in [0.2, 0.25) is 0 Å². The Morgan fingerprint density at radius 2 is 1.84 bits per heavy atom. The van der Waals surface area contributed by atoms with Crippen LogP contribution in [0.5, 0.6) is 0 Å². The molecule has 0 amide bonds. The Labute approximate surface area is 148 Å². The minimum Gasteiger partial charge on any atom is -0.370 e. The molecule has 1 N–H and O–H groups in total. The number of nitrogens with zero attached hydrogens (tertiary/aromatic N) is 5. The number of rotatable bonds is 7. The van der Waals surface area contributed by atoms with Crippen molar-refractivity contribution in [3.63, 3.8) is 0 Å². The zero-order chi connectivity index (χ0) is 17.5. The van der Waals surface area contributed by atoms with E-state index in [1.165, 1.54) is 0 Å². The Morgan fingerprint density at radius 1 is 1.00 bits per heavy atom. The molecule has 0 radical (unpaired) electrons. The largest absolute Gasteiger partial charge is 0.370 e. The van der Waals surface area contributed by atoms with E-state index in [4.69, 9.17) is 0 Å². The summed E-state index contributed by atoms with van der Waals surface area (Å²) in [5, 5.41) is 3.32. The highest BCUT2D eigenvalue weighted by molar-refractivity contribution is 5.58. The summed E-state index contributed by atoms with van der Waals surface area (Å²) in [6.07, 6.45) is 4.13. The van der Waals surface area contributed by atoms with Gasteiger partial charge in [0.25, 0.3) is 0 Å². The Kier molecular flexibility index (Phi) is 5.64. The first kappa shape index (κ1) is 17.0. The Morgan fingerprint density at radius 3 is 2.64 bits per heavy atom. The van der Waals surface area contributed by atoms with Crippen molar-refractivity contribution in [2.24, 2.45) is 0 Å². The smallest absolute Gasteiger partial charge is 0.130 e. The van der Waals surface area contributed by atoms with E-state index in [0.717, 1.165) is 48.1 Å². The predicted molar refractivity (Wildman–Crippen MR) is 99.1 cm³/mol. The molecule has 2 heterocycles. The molecule has 0 saturated carbocycles. The minimum atomic E-state index is 0.719. The highest BCUT2D eigenvalue weighted by Gasteiger charge is 2.03. The minimum absolute atomic E-state index is 0.719. The lowest BCUT2D eigenvalue weighted by Gasteiger charge is -2.10. The maximum absolute atomic E-state index is 4.64. The quantitative estimate of drug-likeness (QED) is 0.716. The fourth-order valence-electron chi connectivity index (χ4n) is 2.50. The van der Waals surface area contributed by atoms with E-state index in [1.807, 2.05) is 50.6 Å². The molecule has 0 saturated heterocycles. The van der Waals surface area contributed by atoms with E-state index in [2.05, 4.69) is 42.3 Å². The average molecular weight is 334 g/mol. The molecule has 3 rings (SSSR count). The highest BCUT2D eigenvalue weighted by Crippen LogP contribution is 2.15. The molecule has 0 atom stereocenters. The second-order valence-electron chi connectivity index (χ2n) is 6.03. The molecule has 6 nitrogen and oxygen atoms in total. The van der Waals surface area contributed by atoms with Gasteiger partial charge in [0, 0.05) is 37.3 Å². The van der Waals surface area contributed by atoms with Crippen molar-refractivity contribution in [1.82, 2.24) is 24.8 Å². The zero-order valence-electron chi connectivity index (χ0n) is 14.6. The van der Waals surface area contributed by atoms with Crippen LogP contribution in [0.15, 0.2) is 55.0 Å². The van der Waals surface area contributed by atoms with Crippen LogP contribution in [0.1, 0.15) is 11.5 Å². The van der Waals surface area contributed by atoms with E-state index < -0.39 is 0 Å². The summed E-state index contributed by atoms with van der Waals surface area (Å²) < 4.78 is 0. The molecule has 0 aliphatic carbocycles. The van der Waals surface area contributed by atoms with Crippen LogP contribution in [0.4, 0.5) is 5.82 Å². The standard InChI is InChI=1S/C19H22N6/c1-25(2)13-16-12-19(23-14-22-16)21-11-9-18-20-10-8-17(24-18)15-6-4-3-5-7-15/h3-8,10,12,14H,9,11,13H2,1-2H3,(H,21,22,23). The molecule has 6 heteroatoms. The Balaban J connectivity index is 1.59. The Bertz CT molecular complexity index is 804. The van der Waals surface area contributed by atoms with Crippen molar-refractivity contribution in [3.05, 3.63) is 66.5 Å². The maximum atomic E-state index is 4.64. The summed E-state index contributed by atoms with van der Waals surface area (Å²) in [7, 11) is 4.04. The molecule has 0 fully saturated rings. The lowest BCUT2D eigenvalue weighted by molar-refractivity contribution is 0.396. The third-order valence-corrected chi connectivity index (χ3v) is 3.63. The van der Waals surface area contributed by atoms with Crippen LogP contribution in [0.25, 0.3) is 11.3 Å². The highest BCUT2D eigenvalue weighted by atomic mass is 15.1. The SMILES string of the molecule is CN(C)Cc1cc(NCCc2nccc(-c3ccccc3)n2)ncn1. The molecule has 128 valence electrons. The van der Waals surface area contributed by atoms with Crippen molar-refractivity contribution >= 4 is 5.82 Å². The van der Waals surface area contributed by atoms with Gasteiger partial charge in [0.2, 0.25) is 0 Å². The molecule has 0 unspecified atom stereocenters. The number of nitrogens with one attached hydrogen (secondary N) is 1. The van der Waals surface area contributed by atoms with Crippen molar-refractivity contribution < 1.29 is 0 Å². The third kappa shape index (κ3) is 5.06. The second-order valence-corrected chi connectivity index (χ2v) is 6.03. The number of anilines is 1. The van der Waals surface area contributed by atoms with Crippen molar-refractivity contribution in [3.8, 4) is 11.3 Å². The first-order valence-electron chi connectivity index (χ1n) is 8.27. The van der Waals surface area contributed by atoms with E-state index in [0.29, 0.717) is 0 Å². The summed E-state index contributed by atoms with van der Waals surface area (Å²) >= 11 is 0. The first-order chi connectivity index (χ1) is 12.2. The van der Waals surface area contributed by atoms with Crippen LogP contribution in [0, 0.1) is 0 Å². The zero-order valence-corrected chi connectivity index (χ0v) is 14.6. The summed E-state index contributed by atoms with van der Waals surface area (Å²) in [4.78, 5) is 19.6. The van der Waals surface area contributed by atoms with E-state index >= 15 is 0 Å². The molecule has 1 aromatic carbocycles. The molecule has 0 spiro atoms. The summed E-state index contributed by atoms with van der Waals surface area (Å²) in [5.74, 6) is 1.64. The van der Waals surface area contributed by atoms with Crippen LogP contribution in [-0.2, 0) is 13.0 Å². The topological polar surface area (TPSA) is 66.8 Å². The van der Waals surface area contributed by atoms with Gasteiger partial charge in [-0.3, -0.25) is 0 Å². The average Bonchev–Trinajstić information content (AvgIpc) is 2.63. The van der Waals surface area contributed by atoms with Gasteiger partial charge < -0.3 is 10.2 Å². The summed E-state index contributed by atoms with van der Waals surface area (Å²) in [5.41, 5.74) is 3.04. The van der Waals surface area contributed by atoms with Gasteiger partial charge in [-0.25, -0.2) is 19.9 Å². The van der Waals surface area contributed by atoms with Gasteiger partial charge in [-0.05, 0) is 20.2 Å². The van der Waals surface area contributed by atoms with Crippen LogP contribution >= 0.6 is 0 Å². The van der Waals surface area contributed by atoms with Crippen molar-refractivity contribution in [1.29, 1.82) is 0 Å². The first-order valence-corrected chi connectivity index (χ1v) is 8.27. The van der Waals surface area contributed by atoms with Gasteiger partial charge in [0.05, 0.1) is 11.4 Å². The van der Waals surface area contributed by atoms with Gasteiger partial charge in [-0.1, -0.05) is 30.3 Å². The van der Waals surface area contributed by atoms with Crippen LogP contribution in [-0.4, -0.2) is 45.5 Å². The van der Waals surface area contributed by atoms with E-state index in [9.17, 15) is 0 Å². The summed E-state index contributed by atoms with van der Waals surface area (Å²) in [6.45, 7) is 1.51. The fraction of sp³-hybridized carbons (Fsp3) is 0.263. The molecular formula is C19H22N6. The predicted octanol–water partition coefficient (Wildman–Crippen LogP) is 2.65.